The van der Waals surface area contributed by atoms with Gasteiger partial charge in [0.2, 0.25) is 0 Å². The van der Waals surface area contributed by atoms with E-state index in [0.717, 1.165) is 18.7 Å². The highest BCUT2D eigenvalue weighted by atomic mass is 15.5. The molecule has 0 atom stereocenters. The third-order valence-electron chi connectivity index (χ3n) is 2.44. The summed E-state index contributed by atoms with van der Waals surface area (Å²) in [4.78, 5) is 0. The van der Waals surface area contributed by atoms with E-state index in [-0.39, 0.29) is 0 Å². The van der Waals surface area contributed by atoms with Crippen LogP contribution in [0.15, 0.2) is 23.4 Å². The van der Waals surface area contributed by atoms with Crippen LogP contribution in [0.3, 0.4) is 0 Å². The van der Waals surface area contributed by atoms with E-state index in [1.165, 1.54) is 11.1 Å². The molecule has 0 saturated heterocycles. The van der Waals surface area contributed by atoms with Crippen molar-refractivity contribution in [1.82, 2.24) is 0 Å². The molecule has 0 aliphatic rings. The van der Waals surface area contributed by atoms with E-state index >= 15 is 0 Å². The highest BCUT2D eigenvalue weighted by Crippen LogP contribution is 2.24. The van der Waals surface area contributed by atoms with Gasteiger partial charge in [0.05, 0.1) is 5.69 Å². The molecule has 0 radical (unpaired) electrons. The van der Waals surface area contributed by atoms with Gasteiger partial charge in [0, 0.05) is 6.54 Å². The van der Waals surface area contributed by atoms with E-state index < -0.39 is 0 Å². The normalized spacial score (nSPS) is 9.93. The van der Waals surface area contributed by atoms with Crippen molar-refractivity contribution in [1.29, 1.82) is 5.53 Å². The fraction of sp³-hybridized carbons (Fsp3) is 0.455. The van der Waals surface area contributed by atoms with Crippen molar-refractivity contribution in [3.05, 3.63) is 29.3 Å². The summed E-state index contributed by atoms with van der Waals surface area (Å²) in [5.41, 5.74) is 10.7. The molecule has 0 aromatic heterocycles. The van der Waals surface area contributed by atoms with Crippen LogP contribution in [-0.2, 0) is 6.42 Å². The fourth-order valence-corrected chi connectivity index (χ4v) is 1.68. The molecule has 3 nitrogen and oxygen atoms in total. The molecule has 0 unspecified atom stereocenters. The van der Waals surface area contributed by atoms with E-state index in [9.17, 15) is 0 Å². The number of benzene rings is 1. The largest absolute Gasteiger partial charge is 0.247 e. The molecule has 0 amide bonds. The highest BCUT2D eigenvalue weighted by Gasteiger charge is 2.08. The number of hydrogen-bond donors (Lipinski definition) is 1. The average Bonchev–Trinajstić information content (AvgIpc) is 2.20. The van der Waals surface area contributed by atoms with Crippen molar-refractivity contribution in [3.8, 4) is 0 Å². The molecule has 3 heteroatoms. The number of hydrogen-bond acceptors (Lipinski definition) is 2. The first-order chi connectivity index (χ1) is 6.74. The summed E-state index contributed by atoms with van der Waals surface area (Å²) in [6.45, 7) is 6.96. The van der Waals surface area contributed by atoms with Gasteiger partial charge in [0.15, 0.2) is 0 Å². The Balaban J connectivity index is 3.18. The minimum atomic E-state index is 0.736. The molecule has 1 N–H and O–H groups in total. The quantitative estimate of drug-likeness (QED) is 0.575. The van der Waals surface area contributed by atoms with E-state index in [0.29, 0.717) is 0 Å². The summed E-state index contributed by atoms with van der Waals surface area (Å²) < 4.78 is 0. The summed E-state index contributed by atoms with van der Waals surface area (Å²) >= 11 is 0. The standard InChI is InChI=1S/C11H17N3/c1-4-10-9(3)7-6-8-11(10)14(5-2)13-12/h6-8,12H,4-5H2,1-3H3. The summed E-state index contributed by atoms with van der Waals surface area (Å²) in [6.07, 6.45) is 0.980. The van der Waals surface area contributed by atoms with Gasteiger partial charge in [-0.1, -0.05) is 24.3 Å². The molecule has 0 aliphatic carbocycles. The first-order valence-electron chi connectivity index (χ1n) is 4.98. The lowest BCUT2D eigenvalue weighted by Gasteiger charge is -2.19. The van der Waals surface area contributed by atoms with Crippen LogP contribution in [0.4, 0.5) is 5.69 Å². The van der Waals surface area contributed by atoms with Crippen LogP contribution in [-0.4, -0.2) is 6.54 Å². The zero-order valence-corrected chi connectivity index (χ0v) is 9.04. The van der Waals surface area contributed by atoms with Gasteiger partial charge in [-0.05, 0) is 37.5 Å². The predicted molar refractivity (Wildman–Crippen MR) is 58.7 cm³/mol. The molecule has 14 heavy (non-hydrogen) atoms. The zero-order chi connectivity index (χ0) is 10.6. The van der Waals surface area contributed by atoms with E-state index in [4.69, 9.17) is 5.53 Å². The molecule has 1 rings (SSSR count). The molecule has 1 aromatic carbocycles. The average molecular weight is 191 g/mol. The van der Waals surface area contributed by atoms with Crippen LogP contribution in [0, 0.1) is 12.5 Å². The van der Waals surface area contributed by atoms with Gasteiger partial charge in [-0.3, -0.25) is 0 Å². The van der Waals surface area contributed by atoms with Crippen molar-refractivity contribution >= 4 is 5.69 Å². The molecule has 1 aromatic rings. The Morgan fingerprint density at radius 2 is 2.07 bits per heavy atom. The third kappa shape index (κ3) is 1.92. The van der Waals surface area contributed by atoms with Crippen LogP contribution >= 0.6 is 0 Å². The maximum absolute atomic E-state index is 7.09. The van der Waals surface area contributed by atoms with Gasteiger partial charge in [-0.25, -0.2) is 5.01 Å². The third-order valence-corrected chi connectivity index (χ3v) is 2.44. The number of aryl methyl sites for hydroxylation is 1. The lowest BCUT2D eigenvalue weighted by atomic mass is 10.0. The second-order valence-electron chi connectivity index (χ2n) is 3.24. The van der Waals surface area contributed by atoms with Gasteiger partial charge in [0.25, 0.3) is 0 Å². The first-order valence-corrected chi connectivity index (χ1v) is 4.98. The number of nitrogens with zero attached hydrogens (tertiary/aromatic N) is 2. The smallest absolute Gasteiger partial charge is 0.0645 e. The summed E-state index contributed by atoms with van der Waals surface area (Å²) in [7, 11) is 0. The Kier molecular flexibility index (Phi) is 3.63. The molecular formula is C11H17N3. The summed E-state index contributed by atoms with van der Waals surface area (Å²) in [5, 5.41) is 5.22. The Hall–Kier alpha value is -1.38. The van der Waals surface area contributed by atoms with Crippen molar-refractivity contribution in [2.75, 3.05) is 11.6 Å². The van der Waals surface area contributed by atoms with Crippen LogP contribution in [0.25, 0.3) is 0 Å². The van der Waals surface area contributed by atoms with Crippen molar-refractivity contribution in [3.63, 3.8) is 0 Å². The molecule has 0 fully saturated rings. The number of rotatable bonds is 4. The van der Waals surface area contributed by atoms with Gasteiger partial charge in [-0.15, -0.1) is 0 Å². The molecule has 0 bridgehead atoms. The SMILES string of the molecule is CCc1c(C)cccc1N(CC)N=N. The second-order valence-corrected chi connectivity index (χ2v) is 3.24. The second kappa shape index (κ2) is 4.74. The molecule has 0 saturated carbocycles. The van der Waals surface area contributed by atoms with E-state index in [1.54, 1.807) is 5.01 Å². The molecule has 0 heterocycles. The Labute approximate surface area is 85.2 Å². The van der Waals surface area contributed by atoms with Gasteiger partial charge >= 0.3 is 0 Å². The van der Waals surface area contributed by atoms with Crippen molar-refractivity contribution in [2.24, 2.45) is 5.22 Å². The van der Waals surface area contributed by atoms with Crippen molar-refractivity contribution in [2.45, 2.75) is 27.2 Å². The monoisotopic (exact) mass is 191 g/mol. The number of anilines is 1. The molecule has 76 valence electrons. The van der Waals surface area contributed by atoms with Crippen LogP contribution in [0.2, 0.25) is 0 Å². The van der Waals surface area contributed by atoms with Crippen LogP contribution < -0.4 is 5.01 Å². The molecule has 0 aliphatic heterocycles. The molecular weight excluding hydrogens is 174 g/mol. The van der Waals surface area contributed by atoms with Crippen LogP contribution in [0.5, 0.6) is 0 Å². The number of nitrogens with one attached hydrogen (secondary N) is 1. The lowest BCUT2D eigenvalue weighted by Crippen LogP contribution is -2.16. The summed E-state index contributed by atoms with van der Waals surface area (Å²) in [5.74, 6) is 0. The maximum atomic E-state index is 7.09. The van der Waals surface area contributed by atoms with E-state index in [1.807, 2.05) is 19.1 Å². The van der Waals surface area contributed by atoms with Gasteiger partial charge < -0.3 is 0 Å². The van der Waals surface area contributed by atoms with Gasteiger partial charge in [-0.2, -0.15) is 5.53 Å². The lowest BCUT2D eigenvalue weighted by molar-refractivity contribution is 0.795. The summed E-state index contributed by atoms with van der Waals surface area (Å²) in [6, 6.07) is 6.13. The van der Waals surface area contributed by atoms with Crippen molar-refractivity contribution < 1.29 is 0 Å². The van der Waals surface area contributed by atoms with E-state index in [2.05, 4.69) is 25.1 Å². The minimum Gasteiger partial charge on any atom is -0.247 e. The minimum absolute atomic E-state index is 0.736. The first kappa shape index (κ1) is 10.7. The van der Waals surface area contributed by atoms with Crippen LogP contribution in [0.1, 0.15) is 25.0 Å². The highest BCUT2D eigenvalue weighted by molar-refractivity contribution is 5.55. The Bertz CT molecular complexity index is 320. The predicted octanol–water partition coefficient (Wildman–Crippen LogP) is 3.33. The maximum Gasteiger partial charge on any atom is 0.0645 e. The van der Waals surface area contributed by atoms with Gasteiger partial charge in [0.1, 0.15) is 0 Å². The Morgan fingerprint density at radius 1 is 1.36 bits per heavy atom. The zero-order valence-electron chi connectivity index (χ0n) is 9.04. The molecule has 0 spiro atoms. The fourth-order valence-electron chi connectivity index (χ4n) is 1.68. The topological polar surface area (TPSA) is 39.5 Å². The Morgan fingerprint density at radius 3 is 2.57 bits per heavy atom.